The summed E-state index contributed by atoms with van der Waals surface area (Å²) in [6, 6.07) is 0. The molecule has 50 valence electrons. The summed E-state index contributed by atoms with van der Waals surface area (Å²) in [5, 5.41) is 0. The topological polar surface area (TPSA) is 17.8 Å². The smallest absolute Gasteiger partial charge is 0.119 e. The second kappa shape index (κ2) is 3.41. The van der Waals surface area contributed by atoms with Crippen LogP contribution in [-0.2, 0) is 6.54 Å². The summed E-state index contributed by atoms with van der Waals surface area (Å²) in [4.78, 5) is 4.03. The number of aryl methyl sites for hydroxylation is 1. The van der Waals surface area contributed by atoms with Crippen molar-refractivity contribution in [1.82, 2.24) is 9.55 Å². The molecule has 1 aromatic heterocycles. The molecule has 0 saturated carbocycles. The van der Waals surface area contributed by atoms with Gasteiger partial charge < -0.3 is 4.57 Å². The third-order valence-corrected chi connectivity index (χ3v) is 1.67. The molecule has 0 radical (unpaired) electrons. The number of aromatic nitrogens is 2. The Hall–Kier alpha value is 0.230. The largest absolute Gasteiger partial charge is 0.335 e. The summed E-state index contributed by atoms with van der Waals surface area (Å²) < 4.78 is 2.98. The van der Waals surface area contributed by atoms with Gasteiger partial charge in [0.05, 0.1) is 6.33 Å². The molecule has 9 heavy (non-hydrogen) atoms. The molecule has 4 heteroatoms. The first-order valence-corrected chi connectivity index (χ1v) is 4.17. The Kier molecular flexibility index (Phi) is 2.78. The molecule has 0 amide bonds. The van der Waals surface area contributed by atoms with Gasteiger partial charge in [0.1, 0.15) is 3.70 Å². The van der Waals surface area contributed by atoms with Crippen molar-refractivity contribution < 1.29 is 0 Å². The van der Waals surface area contributed by atoms with Crippen LogP contribution in [0.15, 0.2) is 12.5 Å². The van der Waals surface area contributed by atoms with Crippen LogP contribution in [0.3, 0.4) is 0 Å². The quantitative estimate of drug-likeness (QED) is 0.582. The number of halogens is 2. The van der Waals surface area contributed by atoms with Crippen molar-refractivity contribution in [3.05, 3.63) is 16.2 Å². The number of hydrogen-bond acceptors (Lipinski definition) is 1. The summed E-state index contributed by atoms with van der Waals surface area (Å²) in [5.41, 5.74) is 0. The van der Waals surface area contributed by atoms with E-state index in [-0.39, 0.29) is 0 Å². The van der Waals surface area contributed by atoms with Gasteiger partial charge in [0.2, 0.25) is 0 Å². The van der Waals surface area contributed by atoms with Crippen molar-refractivity contribution in [3.8, 4) is 0 Å². The molecular formula is C5H6ClIN2. The van der Waals surface area contributed by atoms with E-state index in [9.17, 15) is 0 Å². The van der Waals surface area contributed by atoms with Gasteiger partial charge in [-0.05, 0) is 22.6 Å². The second-order valence-corrected chi connectivity index (χ2v) is 3.11. The molecule has 0 unspecified atom stereocenters. The van der Waals surface area contributed by atoms with Crippen molar-refractivity contribution in [1.29, 1.82) is 0 Å². The molecule has 0 aliphatic carbocycles. The molecule has 0 saturated heterocycles. The summed E-state index contributed by atoms with van der Waals surface area (Å²) in [7, 11) is 0. The Morgan fingerprint density at radius 3 is 3.00 bits per heavy atom. The number of nitrogens with zero attached hydrogens (tertiary/aromatic N) is 2. The standard InChI is InChI=1S/C5H6ClIN2/c6-1-2-9-3-5(7)8-4-9/h3-4H,1-2H2. The van der Waals surface area contributed by atoms with E-state index < -0.39 is 0 Å². The second-order valence-electron chi connectivity index (χ2n) is 1.62. The molecule has 1 heterocycles. The molecule has 1 aromatic rings. The third-order valence-electron chi connectivity index (χ3n) is 0.944. The highest BCUT2D eigenvalue weighted by Gasteiger charge is 1.90. The van der Waals surface area contributed by atoms with Crippen molar-refractivity contribution in [2.24, 2.45) is 0 Å². The van der Waals surface area contributed by atoms with Crippen molar-refractivity contribution >= 4 is 34.2 Å². The van der Waals surface area contributed by atoms with Crippen molar-refractivity contribution in [2.75, 3.05) is 5.88 Å². The van der Waals surface area contributed by atoms with Crippen LogP contribution in [0.5, 0.6) is 0 Å². The number of rotatable bonds is 2. The van der Waals surface area contributed by atoms with Crippen LogP contribution in [0.2, 0.25) is 0 Å². The summed E-state index contributed by atoms with van der Waals surface area (Å²) >= 11 is 7.66. The zero-order chi connectivity index (χ0) is 6.69. The summed E-state index contributed by atoms with van der Waals surface area (Å²) in [6.45, 7) is 0.845. The first-order valence-electron chi connectivity index (χ1n) is 2.56. The highest BCUT2D eigenvalue weighted by Crippen LogP contribution is 1.99. The number of alkyl halides is 1. The fraction of sp³-hybridized carbons (Fsp3) is 0.400. The Morgan fingerprint density at radius 2 is 2.56 bits per heavy atom. The van der Waals surface area contributed by atoms with E-state index in [1.54, 1.807) is 6.33 Å². The molecule has 2 nitrogen and oxygen atoms in total. The molecule has 0 bridgehead atoms. The van der Waals surface area contributed by atoms with Gasteiger partial charge in [0, 0.05) is 18.6 Å². The summed E-state index contributed by atoms with van der Waals surface area (Å²) in [6.07, 6.45) is 3.74. The van der Waals surface area contributed by atoms with Gasteiger partial charge >= 0.3 is 0 Å². The average molecular weight is 256 g/mol. The van der Waals surface area contributed by atoms with E-state index in [2.05, 4.69) is 27.6 Å². The van der Waals surface area contributed by atoms with Crippen LogP contribution in [0.25, 0.3) is 0 Å². The lowest BCUT2D eigenvalue weighted by atomic mass is 10.7. The van der Waals surface area contributed by atoms with Crippen LogP contribution in [0.1, 0.15) is 0 Å². The van der Waals surface area contributed by atoms with Gasteiger partial charge in [-0.1, -0.05) is 0 Å². The lowest BCUT2D eigenvalue weighted by Crippen LogP contribution is -1.93. The lowest BCUT2D eigenvalue weighted by Gasteiger charge is -1.92. The van der Waals surface area contributed by atoms with E-state index >= 15 is 0 Å². The SMILES string of the molecule is ClCCn1cnc(I)c1. The maximum absolute atomic E-state index is 5.49. The van der Waals surface area contributed by atoms with Gasteiger partial charge in [-0.2, -0.15) is 0 Å². The minimum Gasteiger partial charge on any atom is -0.335 e. The minimum atomic E-state index is 0.645. The Labute approximate surface area is 72.4 Å². The van der Waals surface area contributed by atoms with Gasteiger partial charge in [-0.15, -0.1) is 11.6 Å². The number of imidazole rings is 1. The Bertz CT molecular complexity index is 187. The Morgan fingerprint density at radius 1 is 1.78 bits per heavy atom. The van der Waals surface area contributed by atoms with E-state index in [0.29, 0.717) is 5.88 Å². The van der Waals surface area contributed by atoms with E-state index in [4.69, 9.17) is 11.6 Å². The molecule has 0 fully saturated rings. The van der Waals surface area contributed by atoms with Gasteiger partial charge in [-0.25, -0.2) is 4.98 Å². The van der Waals surface area contributed by atoms with Crippen LogP contribution in [-0.4, -0.2) is 15.4 Å². The highest BCUT2D eigenvalue weighted by molar-refractivity contribution is 14.1. The van der Waals surface area contributed by atoms with Gasteiger partial charge in [0.15, 0.2) is 0 Å². The molecule has 0 aliphatic rings. The molecule has 1 rings (SSSR count). The first kappa shape index (κ1) is 7.34. The number of hydrogen-bond donors (Lipinski definition) is 0. The van der Waals surface area contributed by atoms with E-state index in [1.807, 2.05) is 10.8 Å². The Balaban J connectivity index is 2.61. The molecule has 0 aliphatic heterocycles. The maximum Gasteiger partial charge on any atom is 0.119 e. The minimum absolute atomic E-state index is 0.645. The fourth-order valence-corrected chi connectivity index (χ4v) is 1.23. The lowest BCUT2D eigenvalue weighted by molar-refractivity contribution is 0.767. The van der Waals surface area contributed by atoms with Gasteiger partial charge in [-0.3, -0.25) is 0 Å². The van der Waals surface area contributed by atoms with Crippen molar-refractivity contribution in [3.63, 3.8) is 0 Å². The van der Waals surface area contributed by atoms with Crippen LogP contribution in [0.4, 0.5) is 0 Å². The monoisotopic (exact) mass is 256 g/mol. The van der Waals surface area contributed by atoms with E-state index in [1.165, 1.54) is 0 Å². The summed E-state index contributed by atoms with van der Waals surface area (Å²) in [5.74, 6) is 0.645. The molecule has 0 spiro atoms. The van der Waals surface area contributed by atoms with Crippen molar-refractivity contribution in [2.45, 2.75) is 6.54 Å². The van der Waals surface area contributed by atoms with Crippen LogP contribution in [0, 0.1) is 3.70 Å². The zero-order valence-electron chi connectivity index (χ0n) is 4.72. The molecule has 0 N–H and O–H groups in total. The van der Waals surface area contributed by atoms with Crippen LogP contribution < -0.4 is 0 Å². The highest BCUT2D eigenvalue weighted by atomic mass is 127. The first-order chi connectivity index (χ1) is 4.33. The molecule has 0 atom stereocenters. The zero-order valence-corrected chi connectivity index (χ0v) is 7.63. The predicted molar refractivity (Wildman–Crippen MR) is 45.7 cm³/mol. The fourth-order valence-electron chi connectivity index (χ4n) is 0.553. The molecular weight excluding hydrogens is 250 g/mol. The average Bonchev–Trinajstić information content (AvgIpc) is 2.17. The van der Waals surface area contributed by atoms with Gasteiger partial charge in [0.25, 0.3) is 0 Å². The molecule has 0 aromatic carbocycles. The van der Waals surface area contributed by atoms with E-state index in [0.717, 1.165) is 10.2 Å². The maximum atomic E-state index is 5.49. The predicted octanol–water partition coefficient (Wildman–Crippen LogP) is 1.73. The van der Waals surface area contributed by atoms with Crippen LogP contribution >= 0.6 is 34.2 Å². The normalized spacial score (nSPS) is 10.0. The third kappa shape index (κ3) is 2.14.